The van der Waals surface area contributed by atoms with Gasteiger partial charge >= 0.3 is 0 Å². The molecule has 1 aromatic heterocycles. The molecular weight excluding hydrogens is 394 g/mol. The highest BCUT2D eigenvalue weighted by Crippen LogP contribution is 2.31. The summed E-state index contributed by atoms with van der Waals surface area (Å²) in [7, 11) is 1.57. The number of carbonyl (C=O) groups is 1. The summed E-state index contributed by atoms with van der Waals surface area (Å²) in [5.41, 5.74) is 1.98. The average Bonchev–Trinajstić information content (AvgIpc) is 3.20. The van der Waals surface area contributed by atoms with E-state index in [1.54, 1.807) is 25.3 Å². The molecule has 0 fully saturated rings. The monoisotopic (exact) mass is 415 g/mol. The molecule has 1 aliphatic heterocycles. The number of rotatable bonds is 5. The second kappa shape index (κ2) is 8.02. The van der Waals surface area contributed by atoms with Crippen LogP contribution in [0.4, 0.5) is 5.69 Å². The fourth-order valence-electron chi connectivity index (χ4n) is 3.62. The van der Waals surface area contributed by atoms with Crippen molar-refractivity contribution in [3.05, 3.63) is 78.5 Å². The Bertz CT molecular complexity index is 1250. The molecule has 156 valence electrons. The van der Waals surface area contributed by atoms with E-state index in [4.69, 9.17) is 14.2 Å². The fourth-order valence-corrected chi connectivity index (χ4v) is 3.62. The van der Waals surface area contributed by atoms with Crippen LogP contribution < -0.4 is 19.5 Å². The van der Waals surface area contributed by atoms with Gasteiger partial charge in [-0.05, 0) is 42.5 Å². The van der Waals surface area contributed by atoms with Gasteiger partial charge in [-0.1, -0.05) is 24.3 Å². The van der Waals surface area contributed by atoms with Gasteiger partial charge in [0.25, 0.3) is 5.91 Å². The summed E-state index contributed by atoms with van der Waals surface area (Å²) in [4.78, 5) is 12.7. The lowest BCUT2D eigenvalue weighted by Crippen LogP contribution is -2.33. The van der Waals surface area contributed by atoms with Gasteiger partial charge in [-0.2, -0.15) is 5.10 Å². The zero-order chi connectivity index (χ0) is 21.2. The standard InChI is InChI=1S/C24H21N3O4/c1-29-21-7-3-2-6-20(21)25-24(28)16-10-11-19-17(12-16)13-27(26-19)14-18-15-30-22-8-4-5-9-23(22)31-18/h2-13,18H,14-15H2,1H3,(H,25,28). The van der Waals surface area contributed by atoms with Crippen molar-refractivity contribution in [2.75, 3.05) is 19.0 Å². The normalized spacial score (nSPS) is 14.9. The zero-order valence-electron chi connectivity index (χ0n) is 16.9. The van der Waals surface area contributed by atoms with Gasteiger partial charge in [-0.3, -0.25) is 9.48 Å². The van der Waals surface area contributed by atoms with E-state index in [0.717, 1.165) is 22.4 Å². The minimum absolute atomic E-state index is 0.141. The van der Waals surface area contributed by atoms with Crippen LogP contribution in [0.5, 0.6) is 17.2 Å². The molecule has 7 heteroatoms. The molecule has 0 bridgehead atoms. The Hall–Kier alpha value is -4.00. The Balaban J connectivity index is 1.32. The summed E-state index contributed by atoms with van der Waals surface area (Å²) in [6, 6.07) is 20.4. The molecule has 0 saturated heterocycles. The van der Waals surface area contributed by atoms with E-state index in [1.807, 2.05) is 59.4 Å². The van der Waals surface area contributed by atoms with Crippen LogP contribution in [0.25, 0.3) is 10.9 Å². The summed E-state index contributed by atoms with van der Waals surface area (Å²) in [6.45, 7) is 1.01. The molecule has 4 aromatic rings. The minimum atomic E-state index is -0.209. The predicted molar refractivity (Wildman–Crippen MR) is 117 cm³/mol. The van der Waals surface area contributed by atoms with Crippen LogP contribution in [0.15, 0.2) is 72.9 Å². The molecule has 0 radical (unpaired) electrons. The van der Waals surface area contributed by atoms with Gasteiger partial charge in [-0.25, -0.2) is 0 Å². The third kappa shape index (κ3) is 3.90. The summed E-state index contributed by atoms with van der Waals surface area (Å²) in [5.74, 6) is 1.90. The highest BCUT2D eigenvalue weighted by molar-refractivity contribution is 6.06. The first-order chi connectivity index (χ1) is 15.2. The second-order valence-corrected chi connectivity index (χ2v) is 7.28. The molecule has 0 saturated carbocycles. The third-order valence-corrected chi connectivity index (χ3v) is 5.13. The van der Waals surface area contributed by atoms with Crippen LogP contribution in [0, 0.1) is 0 Å². The molecule has 5 rings (SSSR count). The number of amides is 1. The molecule has 0 aliphatic carbocycles. The molecule has 1 N–H and O–H groups in total. The number of fused-ring (bicyclic) bond motifs is 2. The van der Waals surface area contributed by atoms with Crippen LogP contribution in [0.3, 0.4) is 0 Å². The number of nitrogens with zero attached hydrogens (tertiary/aromatic N) is 2. The van der Waals surface area contributed by atoms with Gasteiger partial charge in [0.15, 0.2) is 17.6 Å². The number of hydrogen-bond donors (Lipinski definition) is 1. The average molecular weight is 415 g/mol. The number of ether oxygens (including phenoxy) is 3. The maximum atomic E-state index is 12.7. The second-order valence-electron chi connectivity index (χ2n) is 7.28. The maximum Gasteiger partial charge on any atom is 0.255 e. The molecule has 7 nitrogen and oxygen atoms in total. The number of nitrogens with one attached hydrogen (secondary N) is 1. The van der Waals surface area contributed by atoms with Gasteiger partial charge in [0, 0.05) is 17.1 Å². The summed E-state index contributed by atoms with van der Waals surface area (Å²) in [6.07, 6.45) is 1.77. The van der Waals surface area contributed by atoms with Gasteiger partial charge in [0.1, 0.15) is 12.4 Å². The lowest BCUT2D eigenvalue weighted by molar-refractivity contribution is 0.0760. The molecule has 1 aliphatic rings. The van der Waals surface area contributed by atoms with E-state index in [9.17, 15) is 4.79 Å². The number of benzene rings is 3. The number of aromatic nitrogens is 2. The molecule has 1 atom stereocenters. The Morgan fingerprint density at radius 3 is 2.81 bits per heavy atom. The molecule has 1 amide bonds. The minimum Gasteiger partial charge on any atom is -0.495 e. The van der Waals surface area contributed by atoms with Crippen molar-refractivity contribution >= 4 is 22.5 Å². The van der Waals surface area contributed by atoms with Crippen molar-refractivity contribution in [1.29, 1.82) is 0 Å². The first kappa shape index (κ1) is 19.0. The van der Waals surface area contributed by atoms with Gasteiger partial charge < -0.3 is 19.5 Å². The molecule has 31 heavy (non-hydrogen) atoms. The number of para-hydroxylation sites is 4. The molecular formula is C24H21N3O4. The van der Waals surface area contributed by atoms with Gasteiger partial charge in [0.2, 0.25) is 0 Å². The quantitative estimate of drug-likeness (QED) is 0.530. The van der Waals surface area contributed by atoms with Crippen molar-refractivity contribution in [2.45, 2.75) is 12.6 Å². The topological polar surface area (TPSA) is 74.6 Å². The Morgan fingerprint density at radius 2 is 1.94 bits per heavy atom. The first-order valence-electron chi connectivity index (χ1n) is 10.00. The summed E-state index contributed by atoms with van der Waals surface area (Å²) < 4.78 is 18.9. The number of methoxy groups -OCH3 is 1. The van der Waals surface area contributed by atoms with E-state index >= 15 is 0 Å². The van der Waals surface area contributed by atoms with Gasteiger partial charge in [0.05, 0.1) is 24.9 Å². The third-order valence-electron chi connectivity index (χ3n) is 5.13. The van der Waals surface area contributed by atoms with Crippen LogP contribution in [0.1, 0.15) is 10.4 Å². The Morgan fingerprint density at radius 1 is 1.13 bits per heavy atom. The largest absolute Gasteiger partial charge is 0.495 e. The molecule has 0 spiro atoms. The number of anilines is 1. The summed E-state index contributed by atoms with van der Waals surface area (Å²) in [5, 5.41) is 8.38. The highest BCUT2D eigenvalue weighted by atomic mass is 16.6. The smallest absolute Gasteiger partial charge is 0.255 e. The van der Waals surface area contributed by atoms with E-state index in [2.05, 4.69) is 10.4 Å². The first-order valence-corrected chi connectivity index (χ1v) is 10.00. The maximum absolute atomic E-state index is 12.7. The van der Waals surface area contributed by atoms with Crippen LogP contribution in [0.2, 0.25) is 0 Å². The van der Waals surface area contributed by atoms with Crippen LogP contribution in [-0.2, 0) is 6.54 Å². The molecule has 1 unspecified atom stereocenters. The predicted octanol–water partition coefficient (Wildman–Crippen LogP) is 4.14. The highest BCUT2D eigenvalue weighted by Gasteiger charge is 2.21. The van der Waals surface area contributed by atoms with E-state index < -0.39 is 0 Å². The van der Waals surface area contributed by atoms with Crippen molar-refractivity contribution in [1.82, 2.24) is 9.78 Å². The molecule has 2 heterocycles. The van der Waals surface area contributed by atoms with Crippen molar-refractivity contribution < 1.29 is 19.0 Å². The van der Waals surface area contributed by atoms with E-state index in [1.165, 1.54) is 0 Å². The van der Waals surface area contributed by atoms with Crippen LogP contribution >= 0.6 is 0 Å². The van der Waals surface area contributed by atoms with Crippen molar-refractivity contribution in [3.63, 3.8) is 0 Å². The van der Waals surface area contributed by atoms with E-state index in [-0.39, 0.29) is 12.0 Å². The lowest BCUT2D eigenvalue weighted by Gasteiger charge is -2.26. The van der Waals surface area contributed by atoms with Crippen molar-refractivity contribution in [3.8, 4) is 17.2 Å². The summed E-state index contributed by atoms with van der Waals surface area (Å²) >= 11 is 0. The SMILES string of the molecule is COc1ccccc1NC(=O)c1ccc2nn(CC3COc4ccccc4O3)cc2c1. The zero-order valence-corrected chi connectivity index (χ0v) is 16.9. The van der Waals surface area contributed by atoms with E-state index in [0.29, 0.717) is 30.2 Å². The van der Waals surface area contributed by atoms with Gasteiger partial charge in [-0.15, -0.1) is 0 Å². The van der Waals surface area contributed by atoms with Crippen molar-refractivity contribution in [2.24, 2.45) is 0 Å². The molecule has 3 aromatic carbocycles. The van der Waals surface area contributed by atoms with Crippen LogP contribution in [-0.4, -0.2) is 35.5 Å². The lowest BCUT2D eigenvalue weighted by atomic mass is 10.1. The Labute approximate surface area is 179 Å². The Kier molecular flexibility index (Phi) is 4.92. The number of carbonyl (C=O) groups excluding carboxylic acids is 1. The fraction of sp³-hybridized carbons (Fsp3) is 0.167. The number of hydrogen-bond acceptors (Lipinski definition) is 5.